The summed E-state index contributed by atoms with van der Waals surface area (Å²) in [5, 5.41) is 0. The first-order valence-corrected chi connectivity index (χ1v) is 11.2. The quantitative estimate of drug-likeness (QED) is 0.323. The molecular weight excluding hydrogens is 442 g/mol. The molecular formula is C19H19F3NO5PS. The van der Waals surface area contributed by atoms with Crippen molar-refractivity contribution in [1.82, 2.24) is 4.90 Å². The molecule has 0 radical (unpaired) electrons. The number of carbonyl (C=O) groups is 2. The van der Waals surface area contributed by atoms with Crippen LogP contribution in [0.4, 0.5) is 13.2 Å². The van der Waals surface area contributed by atoms with Crippen LogP contribution in [0.5, 0.6) is 11.5 Å². The second kappa shape index (κ2) is 10.4. The van der Waals surface area contributed by atoms with Gasteiger partial charge in [0, 0.05) is 7.36 Å². The van der Waals surface area contributed by atoms with E-state index in [4.69, 9.17) is 26.0 Å². The second-order valence-electron chi connectivity index (χ2n) is 5.77. The van der Waals surface area contributed by atoms with Crippen molar-refractivity contribution in [3.05, 3.63) is 60.7 Å². The van der Waals surface area contributed by atoms with Crippen LogP contribution in [0, 0.1) is 0 Å². The molecule has 2 aromatic rings. The number of hydrogen-bond acceptors (Lipinski definition) is 6. The lowest BCUT2D eigenvalue weighted by Gasteiger charge is -2.40. The highest BCUT2D eigenvalue weighted by Crippen LogP contribution is 2.37. The Morgan fingerprint density at radius 1 is 0.967 bits per heavy atom. The van der Waals surface area contributed by atoms with Crippen molar-refractivity contribution in [2.45, 2.75) is 18.8 Å². The van der Waals surface area contributed by atoms with Gasteiger partial charge in [0.2, 0.25) is 0 Å². The second-order valence-corrected chi connectivity index (χ2v) is 7.45. The van der Waals surface area contributed by atoms with E-state index >= 15 is 0 Å². The van der Waals surface area contributed by atoms with Gasteiger partial charge in [-0.3, -0.25) is 9.59 Å². The molecule has 0 fully saturated rings. The highest BCUT2D eigenvalue weighted by Gasteiger charge is 2.53. The van der Waals surface area contributed by atoms with E-state index in [9.17, 15) is 22.8 Å². The Hall–Kier alpha value is -2.58. The minimum absolute atomic E-state index is 0.0836. The van der Waals surface area contributed by atoms with E-state index in [0.717, 1.165) is 0 Å². The summed E-state index contributed by atoms with van der Waals surface area (Å²) in [6.45, 7) is 0.343. The fraction of sp³-hybridized carbons (Fsp3) is 0.263. The maximum absolute atomic E-state index is 13.4. The number of esters is 1. The lowest BCUT2D eigenvalue weighted by atomic mass is 10.3. The monoisotopic (exact) mass is 461 g/mol. The number of halogens is 3. The number of rotatable bonds is 9. The highest BCUT2D eigenvalue weighted by molar-refractivity contribution is 7.97. The minimum atomic E-state index is -5.30. The van der Waals surface area contributed by atoms with E-state index in [0.29, 0.717) is 0 Å². The van der Waals surface area contributed by atoms with E-state index in [1.54, 1.807) is 36.4 Å². The van der Waals surface area contributed by atoms with Gasteiger partial charge in [-0.05, 0) is 31.2 Å². The fourth-order valence-corrected chi connectivity index (χ4v) is 3.74. The lowest BCUT2D eigenvalue weighted by Crippen LogP contribution is -2.60. The van der Waals surface area contributed by atoms with Crippen molar-refractivity contribution in [1.29, 1.82) is 0 Å². The molecule has 0 spiro atoms. The molecule has 0 bridgehead atoms. The maximum Gasteiger partial charge on any atom is 0.471 e. The van der Waals surface area contributed by atoms with Gasteiger partial charge in [0.15, 0.2) is 0 Å². The molecule has 0 aliphatic carbocycles. The van der Waals surface area contributed by atoms with E-state index in [1.165, 1.54) is 31.2 Å². The van der Waals surface area contributed by atoms with Gasteiger partial charge in [0.05, 0.1) is 6.61 Å². The van der Waals surface area contributed by atoms with E-state index in [-0.39, 0.29) is 23.0 Å². The van der Waals surface area contributed by atoms with Crippen molar-refractivity contribution in [2.24, 2.45) is 0 Å². The predicted molar refractivity (Wildman–Crippen MR) is 108 cm³/mol. The van der Waals surface area contributed by atoms with Crippen molar-refractivity contribution >= 4 is 31.0 Å². The molecule has 0 saturated carbocycles. The van der Waals surface area contributed by atoms with Gasteiger partial charge in [-0.1, -0.05) is 48.2 Å². The van der Waals surface area contributed by atoms with Gasteiger partial charge >= 0.3 is 23.7 Å². The molecule has 30 heavy (non-hydrogen) atoms. The summed E-state index contributed by atoms with van der Waals surface area (Å²) in [6.07, 6.45) is -5.30. The zero-order chi connectivity index (χ0) is 22.2. The number of alkyl halides is 3. The van der Waals surface area contributed by atoms with Crippen LogP contribution in [0.25, 0.3) is 0 Å². The number of nitrogens with zero attached hydrogens (tertiary/aromatic N) is 1. The fourth-order valence-electron chi connectivity index (χ4n) is 2.37. The third kappa shape index (κ3) is 6.21. The molecule has 2 aromatic carbocycles. The van der Waals surface area contributed by atoms with E-state index < -0.39 is 37.6 Å². The Morgan fingerprint density at radius 3 is 1.80 bits per heavy atom. The van der Waals surface area contributed by atoms with Crippen LogP contribution in [-0.4, -0.2) is 41.8 Å². The normalized spacial score (nSPS) is 11.9. The Labute approximate surface area is 177 Å². The largest absolute Gasteiger partial charge is 0.471 e. The topological polar surface area (TPSA) is 65.1 Å². The lowest BCUT2D eigenvalue weighted by molar-refractivity contribution is -0.217. The molecule has 162 valence electrons. The number of amides is 1. The summed E-state index contributed by atoms with van der Waals surface area (Å²) >= 11 is 5.14. The SMILES string of the molecule is CCOC(=O)CN(C(=O)C(F)(F)F)C(Oc1ccccc1)(Oc1ccccc1)[PH2]=S. The molecule has 1 unspecified atom stereocenters. The van der Waals surface area contributed by atoms with Gasteiger partial charge in [0.25, 0.3) is 0 Å². The molecule has 11 heteroatoms. The van der Waals surface area contributed by atoms with Crippen LogP contribution >= 0.6 is 7.36 Å². The summed E-state index contributed by atoms with van der Waals surface area (Å²) < 4.78 is 56.4. The highest BCUT2D eigenvalue weighted by atomic mass is 32.4. The van der Waals surface area contributed by atoms with Crippen molar-refractivity contribution < 1.29 is 37.0 Å². The Balaban J connectivity index is 2.58. The summed E-state index contributed by atoms with van der Waals surface area (Å²) in [5.74, 6) is -3.18. The third-order valence-electron chi connectivity index (χ3n) is 3.62. The predicted octanol–water partition coefficient (Wildman–Crippen LogP) is 3.58. The summed E-state index contributed by atoms with van der Waals surface area (Å²) in [4.78, 5) is 24.5. The van der Waals surface area contributed by atoms with Crippen molar-refractivity contribution in [3.8, 4) is 11.5 Å². The van der Waals surface area contributed by atoms with Gasteiger partial charge in [-0.15, -0.1) is 0 Å². The van der Waals surface area contributed by atoms with Crippen LogP contribution in [0.15, 0.2) is 60.7 Å². The first-order valence-electron chi connectivity index (χ1n) is 8.70. The Kier molecular flexibility index (Phi) is 8.25. The number of para-hydroxylation sites is 2. The number of benzene rings is 2. The van der Waals surface area contributed by atoms with Gasteiger partial charge in [0.1, 0.15) is 18.0 Å². The van der Waals surface area contributed by atoms with Gasteiger partial charge in [-0.25, -0.2) is 4.90 Å². The molecule has 0 N–H and O–H groups in total. The van der Waals surface area contributed by atoms with E-state index in [1.807, 2.05) is 0 Å². The molecule has 0 aromatic heterocycles. The summed E-state index contributed by atoms with van der Waals surface area (Å²) in [7, 11) is -1.54. The Bertz CT molecular complexity index is 826. The van der Waals surface area contributed by atoms with E-state index in [2.05, 4.69) is 0 Å². The molecule has 0 heterocycles. The summed E-state index contributed by atoms with van der Waals surface area (Å²) in [5.41, 5.74) is -2.36. The number of hydrogen-bond donors (Lipinski definition) is 0. The smallest absolute Gasteiger partial charge is 0.465 e. The average molecular weight is 461 g/mol. The molecule has 0 aliphatic heterocycles. The number of ether oxygens (including phenoxy) is 3. The van der Waals surface area contributed by atoms with Crippen LogP contribution < -0.4 is 9.47 Å². The molecule has 0 aliphatic rings. The van der Waals surface area contributed by atoms with Gasteiger partial charge < -0.3 is 14.2 Å². The zero-order valence-corrected chi connectivity index (χ0v) is 17.8. The number of carbonyl (C=O) groups excluding carboxylic acids is 2. The van der Waals surface area contributed by atoms with Crippen LogP contribution in [0.3, 0.4) is 0 Å². The first-order chi connectivity index (χ1) is 14.2. The average Bonchev–Trinajstić information content (AvgIpc) is 2.72. The van der Waals surface area contributed by atoms with Crippen LogP contribution in [0.1, 0.15) is 6.92 Å². The van der Waals surface area contributed by atoms with Crippen LogP contribution in [-0.2, 0) is 26.1 Å². The van der Waals surface area contributed by atoms with Gasteiger partial charge in [-0.2, -0.15) is 13.2 Å². The molecule has 6 nitrogen and oxygen atoms in total. The summed E-state index contributed by atoms with van der Waals surface area (Å²) in [6, 6.07) is 15.6. The minimum Gasteiger partial charge on any atom is -0.465 e. The molecule has 1 atom stereocenters. The third-order valence-corrected chi connectivity index (χ3v) is 5.36. The molecule has 2 rings (SSSR count). The van der Waals surface area contributed by atoms with Crippen molar-refractivity contribution in [3.63, 3.8) is 0 Å². The van der Waals surface area contributed by atoms with Crippen molar-refractivity contribution in [2.75, 3.05) is 13.2 Å². The molecule has 0 saturated heterocycles. The Morgan fingerprint density at radius 2 is 1.43 bits per heavy atom. The molecule has 1 amide bonds. The zero-order valence-electron chi connectivity index (χ0n) is 15.8. The standard InChI is InChI=1S/C19H19F3NO5PS/c1-2-26-16(24)13-23(17(25)18(20,21)22)19(29-30,27-14-9-5-3-6-10-14)28-15-11-7-4-8-12-15/h3-12H,2,13,29H2,1H3. The first kappa shape index (κ1) is 23.7. The maximum atomic E-state index is 13.4. The van der Waals surface area contributed by atoms with Crippen LogP contribution in [0.2, 0.25) is 0 Å².